The summed E-state index contributed by atoms with van der Waals surface area (Å²) in [6.45, 7) is 1.26. The molecule has 2 atom stereocenters. The molecule has 2 aromatic rings. The minimum atomic E-state index is -0.916. The van der Waals surface area contributed by atoms with Gasteiger partial charge in [0.2, 0.25) is 0 Å². The van der Waals surface area contributed by atoms with E-state index >= 15 is 0 Å². The molecule has 25 heavy (non-hydrogen) atoms. The number of aromatic hydroxyl groups is 1. The summed E-state index contributed by atoms with van der Waals surface area (Å²) in [5.41, 5.74) is 1.22. The lowest BCUT2D eigenvalue weighted by atomic mass is 10.1. The highest BCUT2D eigenvalue weighted by molar-refractivity contribution is 5.94. The van der Waals surface area contributed by atoms with Crippen molar-refractivity contribution < 1.29 is 14.3 Å². The minimum Gasteiger partial charge on any atom is -0.506 e. The summed E-state index contributed by atoms with van der Waals surface area (Å²) in [5, 5.41) is 9.47. The molecule has 2 aromatic heterocycles. The molecule has 3 heterocycles. The molecule has 7 nitrogen and oxygen atoms in total. The first-order valence-corrected chi connectivity index (χ1v) is 8.04. The Morgan fingerprint density at radius 1 is 1.32 bits per heavy atom. The molecule has 1 saturated heterocycles. The first kappa shape index (κ1) is 17.2. The quantitative estimate of drug-likeness (QED) is 0.879. The Morgan fingerprint density at radius 2 is 2.08 bits per heavy atom. The maximum absolute atomic E-state index is 13.9. The van der Waals surface area contributed by atoms with Crippen molar-refractivity contribution in [2.45, 2.75) is 25.2 Å². The molecule has 132 valence electrons. The normalized spacial score (nSPS) is 20.6. The molecule has 1 aliphatic heterocycles. The first-order chi connectivity index (χ1) is 12.0. The van der Waals surface area contributed by atoms with Crippen LogP contribution in [-0.2, 0) is 6.54 Å². The molecule has 1 N–H and O–H groups in total. The van der Waals surface area contributed by atoms with E-state index in [2.05, 4.69) is 15.0 Å². The molecular weight excluding hydrogens is 325 g/mol. The van der Waals surface area contributed by atoms with Crippen molar-refractivity contribution in [2.24, 2.45) is 0 Å². The van der Waals surface area contributed by atoms with Gasteiger partial charge in [-0.1, -0.05) is 0 Å². The van der Waals surface area contributed by atoms with Crippen LogP contribution in [0.4, 0.5) is 4.39 Å². The van der Waals surface area contributed by atoms with E-state index < -0.39 is 6.17 Å². The Balaban J connectivity index is 1.66. The second kappa shape index (κ2) is 7.52. The zero-order valence-corrected chi connectivity index (χ0v) is 13.9. The second-order valence-corrected chi connectivity index (χ2v) is 6.28. The number of rotatable bonds is 5. The summed E-state index contributed by atoms with van der Waals surface area (Å²) < 4.78 is 13.9. The SMILES string of the molecule is CN(C[C@@H]1C[C@H](F)CN1Cc1cncnc1)C(=O)c1cncc(O)c1. The van der Waals surface area contributed by atoms with E-state index in [4.69, 9.17) is 0 Å². The summed E-state index contributed by atoms with van der Waals surface area (Å²) in [5.74, 6) is -0.316. The molecule has 0 saturated carbocycles. The molecule has 0 bridgehead atoms. The zero-order valence-electron chi connectivity index (χ0n) is 13.9. The first-order valence-electron chi connectivity index (χ1n) is 8.04. The predicted molar refractivity (Wildman–Crippen MR) is 88.6 cm³/mol. The number of carbonyl (C=O) groups excluding carboxylic acids is 1. The molecule has 0 aliphatic carbocycles. The Morgan fingerprint density at radius 3 is 2.80 bits per heavy atom. The maximum Gasteiger partial charge on any atom is 0.255 e. The van der Waals surface area contributed by atoms with Crippen molar-refractivity contribution in [1.29, 1.82) is 0 Å². The van der Waals surface area contributed by atoms with Crippen LogP contribution < -0.4 is 0 Å². The van der Waals surface area contributed by atoms with Crippen LogP contribution in [-0.4, -0.2) is 68.1 Å². The number of hydrogen-bond donors (Lipinski definition) is 1. The van der Waals surface area contributed by atoms with Crippen LogP contribution in [0.15, 0.2) is 37.2 Å². The van der Waals surface area contributed by atoms with E-state index in [0.717, 1.165) is 5.56 Å². The van der Waals surface area contributed by atoms with Crippen LogP contribution in [0.1, 0.15) is 22.3 Å². The van der Waals surface area contributed by atoms with Gasteiger partial charge in [0.15, 0.2) is 0 Å². The number of nitrogens with zero attached hydrogens (tertiary/aromatic N) is 5. The summed E-state index contributed by atoms with van der Waals surface area (Å²) in [4.78, 5) is 27.8. The van der Waals surface area contributed by atoms with E-state index in [0.29, 0.717) is 31.6 Å². The van der Waals surface area contributed by atoms with Crippen molar-refractivity contribution in [2.75, 3.05) is 20.1 Å². The number of amides is 1. The summed E-state index contributed by atoms with van der Waals surface area (Å²) >= 11 is 0. The van der Waals surface area contributed by atoms with Crippen LogP contribution in [0.25, 0.3) is 0 Å². The van der Waals surface area contributed by atoms with Crippen molar-refractivity contribution >= 4 is 5.91 Å². The number of hydrogen-bond acceptors (Lipinski definition) is 6. The fourth-order valence-corrected chi connectivity index (χ4v) is 3.12. The summed E-state index contributed by atoms with van der Waals surface area (Å²) in [7, 11) is 1.67. The van der Waals surface area contributed by atoms with Crippen LogP contribution in [0.3, 0.4) is 0 Å². The Bertz CT molecular complexity index is 730. The van der Waals surface area contributed by atoms with Gasteiger partial charge in [0, 0.05) is 56.9 Å². The van der Waals surface area contributed by atoms with Crippen molar-refractivity contribution in [3.8, 4) is 5.75 Å². The molecular formula is C17H20FN5O2. The fourth-order valence-electron chi connectivity index (χ4n) is 3.12. The van der Waals surface area contributed by atoms with E-state index in [9.17, 15) is 14.3 Å². The van der Waals surface area contributed by atoms with E-state index in [-0.39, 0.29) is 17.7 Å². The molecule has 3 rings (SSSR count). The topological polar surface area (TPSA) is 82.5 Å². The van der Waals surface area contributed by atoms with Crippen molar-refractivity contribution in [3.63, 3.8) is 0 Å². The standard InChI is InChI=1S/C17H20FN5O2/c1-22(17(25)13-2-16(24)7-19-6-13)10-15-3-14(18)9-23(15)8-12-4-20-11-21-5-12/h2,4-7,11,14-15,24H,3,8-10H2,1H3/t14-,15-/m0/s1. The molecule has 0 unspecified atom stereocenters. The van der Waals surface area contributed by atoms with Gasteiger partial charge in [-0.2, -0.15) is 0 Å². The lowest BCUT2D eigenvalue weighted by molar-refractivity contribution is 0.0748. The van der Waals surface area contributed by atoms with Gasteiger partial charge < -0.3 is 10.0 Å². The smallest absolute Gasteiger partial charge is 0.255 e. The highest BCUT2D eigenvalue weighted by Crippen LogP contribution is 2.23. The molecule has 1 amide bonds. The van der Waals surface area contributed by atoms with Crippen molar-refractivity contribution in [3.05, 3.63) is 48.3 Å². The van der Waals surface area contributed by atoms with Crippen LogP contribution in [0, 0.1) is 0 Å². The van der Waals surface area contributed by atoms with Gasteiger partial charge in [-0.05, 0) is 12.5 Å². The Labute approximate surface area is 145 Å². The number of likely N-dealkylation sites (tertiary alicyclic amines) is 1. The van der Waals surface area contributed by atoms with Gasteiger partial charge >= 0.3 is 0 Å². The van der Waals surface area contributed by atoms with Crippen molar-refractivity contribution in [1.82, 2.24) is 24.8 Å². The summed E-state index contributed by atoms with van der Waals surface area (Å²) in [6.07, 6.45) is 7.02. The molecule has 0 spiro atoms. The molecule has 8 heteroatoms. The third-order valence-electron chi connectivity index (χ3n) is 4.28. The third-order valence-corrected chi connectivity index (χ3v) is 4.28. The second-order valence-electron chi connectivity index (χ2n) is 6.28. The van der Waals surface area contributed by atoms with Gasteiger partial charge in [0.1, 0.15) is 18.2 Å². The van der Waals surface area contributed by atoms with Gasteiger partial charge in [-0.3, -0.25) is 14.7 Å². The minimum absolute atomic E-state index is 0.0605. The Kier molecular flexibility index (Phi) is 5.18. The predicted octanol–water partition coefficient (Wildman–Crippen LogP) is 1.26. The van der Waals surface area contributed by atoms with Crippen LogP contribution in [0.5, 0.6) is 5.75 Å². The molecule has 0 radical (unpaired) electrons. The Hall–Kier alpha value is -2.61. The van der Waals surface area contributed by atoms with Crippen LogP contribution in [0.2, 0.25) is 0 Å². The number of aromatic nitrogens is 3. The largest absolute Gasteiger partial charge is 0.506 e. The zero-order chi connectivity index (χ0) is 17.8. The van der Waals surface area contributed by atoms with Gasteiger partial charge in [-0.25, -0.2) is 14.4 Å². The molecule has 1 fully saturated rings. The van der Waals surface area contributed by atoms with E-state index in [1.165, 1.54) is 29.7 Å². The lowest BCUT2D eigenvalue weighted by Gasteiger charge is -2.28. The fraction of sp³-hybridized carbons (Fsp3) is 0.412. The number of pyridine rings is 1. The van der Waals surface area contributed by atoms with Gasteiger partial charge in [-0.15, -0.1) is 0 Å². The van der Waals surface area contributed by atoms with Gasteiger partial charge in [0.25, 0.3) is 5.91 Å². The number of likely N-dealkylation sites (N-methyl/N-ethyl adjacent to an activating group) is 1. The van der Waals surface area contributed by atoms with E-state index in [1.54, 1.807) is 19.4 Å². The average molecular weight is 345 g/mol. The molecule has 1 aliphatic rings. The third kappa shape index (κ3) is 4.27. The number of alkyl halides is 1. The lowest BCUT2D eigenvalue weighted by Crippen LogP contribution is -2.41. The van der Waals surface area contributed by atoms with Crippen LogP contribution >= 0.6 is 0 Å². The summed E-state index contributed by atoms with van der Waals surface area (Å²) in [6, 6.07) is 1.28. The monoisotopic (exact) mass is 345 g/mol. The van der Waals surface area contributed by atoms with Gasteiger partial charge in [0.05, 0.1) is 11.8 Å². The number of halogens is 1. The van der Waals surface area contributed by atoms with E-state index in [1.807, 2.05) is 4.90 Å². The average Bonchev–Trinajstić information content (AvgIpc) is 2.94. The highest BCUT2D eigenvalue weighted by Gasteiger charge is 2.33. The maximum atomic E-state index is 13.9. The highest BCUT2D eigenvalue weighted by atomic mass is 19.1. The molecule has 0 aromatic carbocycles. The number of carbonyl (C=O) groups is 1.